The van der Waals surface area contributed by atoms with E-state index in [4.69, 9.17) is 19.3 Å². The molecule has 2 atom stereocenters. The second-order valence-corrected chi connectivity index (χ2v) is 10.2. The van der Waals surface area contributed by atoms with E-state index in [1.165, 1.54) is 19.3 Å². The van der Waals surface area contributed by atoms with Crippen LogP contribution in [0.3, 0.4) is 0 Å². The van der Waals surface area contributed by atoms with Crippen molar-refractivity contribution in [2.45, 2.75) is 58.2 Å². The van der Waals surface area contributed by atoms with Gasteiger partial charge in [0.15, 0.2) is 0 Å². The number of rotatable bonds is 10. The maximum atomic E-state index is 6.52. The third kappa shape index (κ3) is 5.39. The van der Waals surface area contributed by atoms with Gasteiger partial charge in [0.25, 0.3) is 0 Å². The molecule has 6 heteroatoms. The molecule has 188 valence electrons. The second kappa shape index (κ2) is 11.4. The van der Waals surface area contributed by atoms with E-state index in [9.17, 15) is 0 Å². The molecular formula is C30H33BrN2O3. The van der Waals surface area contributed by atoms with Gasteiger partial charge in [-0.05, 0) is 85.6 Å². The van der Waals surface area contributed by atoms with Gasteiger partial charge in [0.2, 0.25) is 6.23 Å². The number of hydrazone groups is 1. The van der Waals surface area contributed by atoms with Crippen molar-refractivity contribution in [3.8, 4) is 17.2 Å². The summed E-state index contributed by atoms with van der Waals surface area (Å²) in [5, 5.41) is 7.19. The molecule has 5 nitrogen and oxygen atoms in total. The van der Waals surface area contributed by atoms with E-state index in [0.29, 0.717) is 6.61 Å². The van der Waals surface area contributed by atoms with Gasteiger partial charge in [-0.25, -0.2) is 5.01 Å². The summed E-state index contributed by atoms with van der Waals surface area (Å²) in [7, 11) is 0. The maximum Gasteiger partial charge on any atom is 0.213 e. The number of fused-ring (bicyclic) bond motifs is 3. The SMILES string of the molecule is CCCCCCOc1ccc([C@@H]2Oc3ccc(Br)cc3[C@H]3CC(c4ccc(OCC)cc4)=NN32)cc1. The van der Waals surface area contributed by atoms with Crippen molar-refractivity contribution in [1.29, 1.82) is 0 Å². The molecule has 0 aromatic heterocycles. The standard InChI is InChI=1S/C30H33BrN2O3/c1-3-5-6-7-18-35-25-15-10-22(11-16-25)30-33-28(26-19-23(31)12-17-29(26)36-30)20-27(32-33)21-8-13-24(14-9-21)34-4-2/h8-17,19,28,30H,3-7,18,20H2,1-2H3/t28-,30+/m1/s1. The van der Waals surface area contributed by atoms with Crippen molar-refractivity contribution in [2.24, 2.45) is 5.10 Å². The Bertz CT molecular complexity index is 1190. The molecule has 3 aromatic carbocycles. The van der Waals surface area contributed by atoms with Gasteiger partial charge in [-0.15, -0.1) is 0 Å². The molecule has 0 bridgehead atoms. The average Bonchev–Trinajstić information content (AvgIpc) is 3.35. The van der Waals surface area contributed by atoms with E-state index in [1.54, 1.807) is 0 Å². The number of hydrogen-bond acceptors (Lipinski definition) is 5. The van der Waals surface area contributed by atoms with E-state index in [2.05, 4.69) is 58.2 Å². The van der Waals surface area contributed by atoms with Gasteiger partial charge in [0, 0.05) is 22.0 Å². The van der Waals surface area contributed by atoms with Crippen molar-refractivity contribution in [1.82, 2.24) is 5.01 Å². The number of unbranched alkanes of at least 4 members (excludes halogenated alkanes) is 3. The van der Waals surface area contributed by atoms with Crippen LogP contribution in [0.2, 0.25) is 0 Å². The summed E-state index contributed by atoms with van der Waals surface area (Å²) < 4.78 is 19.1. The Morgan fingerprint density at radius 3 is 2.42 bits per heavy atom. The summed E-state index contributed by atoms with van der Waals surface area (Å²) in [6, 6.07) is 22.8. The molecule has 0 spiro atoms. The van der Waals surface area contributed by atoms with E-state index in [1.807, 2.05) is 43.3 Å². The third-order valence-electron chi connectivity index (χ3n) is 6.68. The summed E-state index contributed by atoms with van der Waals surface area (Å²) in [6.07, 6.45) is 5.31. The van der Waals surface area contributed by atoms with Gasteiger partial charge < -0.3 is 14.2 Å². The highest BCUT2D eigenvalue weighted by Gasteiger charge is 2.41. The Morgan fingerprint density at radius 2 is 1.67 bits per heavy atom. The van der Waals surface area contributed by atoms with Gasteiger partial charge in [-0.1, -0.05) is 42.1 Å². The van der Waals surface area contributed by atoms with Gasteiger partial charge in [-0.2, -0.15) is 5.10 Å². The number of nitrogens with zero attached hydrogens (tertiary/aromatic N) is 2. The molecule has 5 rings (SSSR count). The normalized spacial score (nSPS) is 18.2. The van der Waals surface area contributed by atoms with Crippen LogP contribution in [-0.4, -0.2) is 23.9 Å². The molecule has 2 aliphatic heterocycles. The van der Waals surface area contributed by atoms with E-state index >= 15 is 0 Å². The minimum absolute atomic E-state index is 0.104. The summed E-state index contributed by atoms with van der Waals surface area (Å²) >= 11 is 3.63. The monoisotopic (exact) mass is 548 g/mol. The van der Waals surface area contributed by atoms with Gasteiger partial charge in [-0.3, -0.25) is 0 Å². The molecule has 0 aliphatic carbocycles. The van der Waals surface area contributed by atoms with Gasteiger partial charge in [0.1, 0.15) is 17.2 Å². The maximum absolute atomic E-state index is 6.52. The van der Waals surface area contributed by atoms with Crippen LogP contribution in [0, 0.1) is 0 Å². The molecule has 2 heterocycles. The number of halogens is 1. The summed E-state index contributed by atoms with van der Waals surface area (Å²) in [5.74, 6) is 2.68. The van der Waals surface area contributed by atoms with Crippen LogP contribution < -0.4 is 14.2 Å². The molecule has 0 saturated heterocycles. The first-order valence-corrected chi connectivity index (χ1v) is 13.7. The molecule has 36 heavy (non-hydrogen) atoms. The Balaban J connectivity index is 1.38. The lowest BCUT2D eigenvalue weighted by atomic mass is 9.96. The van der Waals surface area contributed by atoms with Crippen LogP contribution in [0.15, 0.2) is 76.3 Å². The van der Waals surface area contributed by atoms with Gasteiger partial charge >= 0.3 is 0 Å². The summed E-state index contributed by atoms with van der Waals surface area (Å²) in [6.45, 7) is 5.63. The highest BCUT2D eigenvalue weighted by molar-refractivity contribution is 9.10. The number of benzene rings is 3. The predicted molar refractivity (Wildman–Crippen MR) is 147 cm³/mol. The van der Waals surface area contributed by atoms with Crippen molar-refractivity contribution in [3.05, 3.63) is 87.9 Å². The van der Waals surface area contributed by atoms with E-state index < -0.39 is 0 Å². The minimum Gasteiger partial charge on any atom is -0.494 e. The fourth-order valence-electron chi connectivity index (χ4n) is 4.81. The topological polar surface area (TPSA) is 43.3 Å². The third-order valence-corrected chi connectivity index (χ3v) is 7.18. The molecule has 0 unspecified atom stereocenters. The van der Waals surface area contributed by atoms with Crippen molar-refractivity contribution in [3.63, 3.8) is 0 Å². The van der Waals surface area contributed by atoms with Crippen molar-refractivity contribution >= 4 is 21.6 Å². The second-order valence-electron chi connectivity index (χ2n) is 9.23. The Labute approximate surface area is 222 Å². The zero-order chi connectivity index (χ0) is 24.9. The molecule has 0 saturated carbocycles. The molecule has 0 radical (unpaired) electrons. The average molecular weight is 550 g/mol. The lowest BCUT2D eigenvalue weighted by Gasteiger charge is -2.38. The van der Waals surface area contributed by atoms with E-state index in [-0.39, 0.29) is 12.3 Å². The highest BCUT2D eigenvalue weighted by Crippen LogP contribution is 2.48. The lowest BCUT2D eigenvalue weighted by Crippen LogP contribution is -2.33. The first-order valence-electron chi connectivity index (χ1n) is 12.9. The summed E-state index contributed by atoms with van der Waals surface area (Å²) in [5.41, 5.74) is 4.37. The molecule has 0 amide bonds. The smallest absolute Gasteiger partial charge is 0.213 e. The highest BCUT2D eigenvalue weighted by atomic mass is 79.9. The number of hydrogen-bond donors (Lipinski definition) is 0. The van der Waals surface area contributed by atoms with Crippen LogP contribution >= 0.6 is 15.9 Å². The predicted octanol–water partition coefficient (Wildman–Crippen LogP) is 8.05. The van der Waals surface area contributed by atoms with Crippen LogP contribution in [0.4, 0.5) is 0 Å². The molecule has 2 aliphatic rings. The molecule has 0 N–H and O–H groups in total. The van der Waals surface area contributed by atoms with Crippen LogP contribution in [0.5, 0.6) is 17.2 Å². The first-order chi connectivity index (χ1) is 17.7. The summed E-state index contributed by atoms with van der Waals surface area (Å²) in [4.78, 5) is 0. The van der Waals surface area contributed by atoms with Crippen LogP contribution in [0.1, 0.15) is 74.9 Å². The minimum atomic E-state index is -0.303. The molecular weight excluding hydrogens is 516 g/mol. The molecule has 3 aromatic rings. The Hall–Kier alpha value is -2.99. The fraction of sp³-hybridized carbons (Fsp3) is 0.367. The van der Waals surface area contributed by atoms with Crippen molar-refractivity contribution < 1.29 is 14.2 Å². The first kappa shape index (κ1) is 24.7. The van der Waals surface area contributed by atoms with Crippen LogP contribution in [0.25, 0.3) is 0 Å². The quantitative estimate of drug-likeness (QED) is 0.240. The zero-order valence-electron chi connectivity index (χ0n) is 21.0. The largest absolute Gasteiger partial charge is 0.494 e. The molecule has 0 fully saturated rings. The zero-order valence-corrected chi connectivity index (χ0v) is 22.5. The van der Waals surface area contributed by atoms with Gasteiger partial charge in [0.05, 0.1) is 25.0 Å². The van der Waals surface area contributed by atoms with Crippen molar-refractivity contribution in [2.75, 3.05) is 13.2 Å². The Morgan fingerprint density at radius 1 is 0.917 bits per heavy atom. The Kier molecular flexibility index (Phi) is 7.81. The lowest BCUT2D eigenvalue weighted by molar-refractivity contribution is -0.0191. The fourth-order valence-corrected chi connectivity index (χ4v) is 5.19. The van der Waals surface area contributed by atoms with Crippen LogP contribution in [-0.2, 0) is 0 Å². The number of ether oxygens (including phenoxy) is 3. The van der Waals surface area contributed by atoms with E-state index in [0.717, 1.165) is 63.6 Å².